The smallest absolute Gasteiger partial charge is 0.207 e. The number of nitrogens with zero attached hydrogens (tertiary/aromatic N) is 5. The highest BCUT2D eigenvalue weighted by Gasteiger charge is 2.43. The predicted octanol–water partition coefficient (Wildman–Crippen LogP) is 4.59. The van der Waals surface area contributed by atoms with Crippen LogP contribution in [-0.4, -0.2) is 68.8 Å². The third kappa shape index (κ3) is 3.94. The average molecular weight is 559 g/mol. The number of halogens is 1. The first-order valence-corrected chi connectivity index (χ1v) is 14.9. The molecule has 7 heterocycles. The molecule has 0 radical (unpaired) electrons. The van der Waals surface area contributed by atoms with Crippen molar-refractivity contribution in [2.24, 2.45) is 0 Å². The number of phenols is 1. The number of pyridine rings is 1. The number of aromatic hydroxyl groups is 1. The van der Waals surface area contributed by atoms with E-state index in [-0.39, 0.29) is 28.5 Å². The molecule has 0 aliphatic carbocycles. The lowest BCUT2D eigenvalue weighted by Crippen LogP contribution is -2.61. The number of terminal acetylenes is 1. The van der Waals surface area contributed by atoms with Crippen LogP contribution >= 0.6 is 0 Å². The van der Waals surface area contributed by atoms with E-state index in [0.29, 0.717) is 45.0 Å². The summed E-state index contributed by atoms with van der Waals surface area (Å²) in [6, 6.07) is 9.27. The molecule has 5 aliphatic heterocycles. The number of hydrogen-bond acceptors (Lipinski definition) is 7. The third-order valence-electron chi connectivity index (χ3n) is 9.71. The van der Waals surface area contributed by atoms with E-state index in [1.165, 1.54) is 6.07 Å². The summed E-state index contributed by atoms with van der Waals surface area (Å²) in [5.74, 6) is 10.0. The van der Waals surface area contributed by atoms with E-state index >= 15 is 4.39 Å². The molecule has 5 aliphatic rings. The Hall–Kier alpha value is -4.24. The van der Waals surface area contributed by atoms with Gasteiger partial charge in [-0.05, 0) is 81.1 Å². The third-order valence-corrected chi connectivity index (χ3v) is 9.71. The molecule has 42 heavy (non-hydrogen) atoms. The summed E-state index contributed by atoms with van der Waals surface area (Å²) in [4.78, 5) is 19.1. The predicted molar refractivity (Wildman–Crippen MR) is 162 cm³/mol. The number of aromatic nitrogens is 3. The van der Waals surface area contributed by atoms with Crippen LogP contribution in [0.3, 0.4) is 0 Å². The molecule has 5 fully saturated rings. The van der Waals surface area contributed by atoms with Gasteiger partial charge in [0, 0.05) is 47.9 Å². The normalized spacial score (nSPS) is 22.7. The van der Waals surface area contributed by atoms with E-state index in [1.54, 1.807) is 12.3 Å². The van der Waals surface area contributed by atoms with Gasteiger partial charge in [-0.2, -0.15) is 0 Å². The van der Waals surface area contributed by atoms with E-state index < -0.39 is 5.82 Å². The molecule has 2 N–H and O–H groups in total. The largest absolute Gasteiger partial charge is 0.508 e. The molecule has 8 heteroatoms. The van der Waals surface area contributed by atoms with Gasteiger partial charge in [0.1, 0.15) is 22.8 Å². The van der Waals surface area contributed by atoms with Gasteiger partial charge in [-0.25, -0.2) is 14.4 Å². The van der Waals surface area contributed by atoms with Crippen LogP contribution in [0.15, 0.2) is 36.5 Å². The molecule has 0 unspecified atom stereocenters. The minimum atomic E-state index is -0.570. The second-order valence-electron chi connectivity index (χ2n) is 12.1. The fourth-order valence-corrected chi connectivity index (χ4v) is 7.67. The van der Waals surface area contributed by atoms with Crippen molar-refractivity contribution >= 4 is 27.5 Å². The molecular formula is C34H31FN6O. The molecule has 2 aromatic carbocycles. The first-order valence-electron chi connectivity index (χ1n) is 14.9. The van der Waals surface area contributed by atoms with Crippen molar-refractivity contribution in [3.05, 3.63) is 53.7 Å². The van der Waals surface area contributed by atoms with Gasteiger partial charge in [0.05, 0.1) is 10.9 Å². The zero-order chi connectivity index (χ0) is 28.4. The van der Waals surface area contributed by atoms with Crippen LogP contribution in [0, 0.1) is 30.0 Å². The molecular weight excluding hydrogens is 527 g/mol. The number of rotatable bonds is 2. The van der Waals surface area contributed by atoms with Crippen molar-refractivity contribution in [3.8, 4) is 41.2 Å². The number of fused-ring (bicyclic) bond motifs is 6. The summed E-state index contributed by atoms with van der Waals surface area (Å²) < 4.78 is 16.7. The lowest BCUT2D eigenvalue weighted by Gasteiger charge is -2.46. The average Bonchev–Trinajstić information content (AvgIpc) is 3.60. The number of piperazine rings is 1. The summed E-state index contributed by atoms with van der Waals surface area (Å²) in [5, 5.41) is 16.1. The topological polar surface area (TPSA) is 77.4 Å². The molecule has 4 aromatic rings. The van der Waals surface area contributed by atoms with E-state index in [4.69, 9.17) is 16.4 Å². The van der Waals surface area contributed by atoms with Gasteiger partial charge in [0.2, 0.25) is 5.82 Å². The summed E-state index contributed by atoms with van der Waals surface area (Å²) in [6.07, 6.45) is 14.0. The number of benzene rings is 2. The molecule has 0 spiro atoms. The first kappa shape index (κ1) is 25.5. The lowest BCUT2D eigenvalue weighted by atomic mass is 9.92. The molecule has 210 valence electrons. The van der Waals surface area contributed by atoms with Gasteiger partial charge in [0.25, 0.3) is 0 Å². The Balaban J connectivity index is 1.34. The Morgan fingerprint density at radius 1 is 1.12 bits per heavy atom. The fraction of sp³-hybridized carbons (Fsp3) is 0.382. The zero-order valence-electron chi connectivity index (χ0n) is 23.3. The standard InChI is InChI=1S/C34H31FN6O/c1-2-21-6-3-7-22-16-25(42)17-26(29(21)22)31-30(35)32-27(19-37-31)33(41-20-23-8-9-24(41)18-36-23)39-28(38-32)10-13-34-11-4-14-40(34)15-5-12-34/h1,3,6-7,16-17,19,23-24,36,42H,4-5,8-9,11-12,14-15,18,20H2/t23-,24-/m1/s1. The second kappa shape index (κ2) is 9.66. The summed E-state index contributed by atoms with van der Waals surface area (Å²) >= 11 is 0. The van der Waals surface area contributed by atoms with Gasteiger partial charge >= 0.3 is 0 Å². The van der Waals surface area contributed by atoms with Crippen molar-refractivity contribution in [2.45, 2.75) is 56.1 Å². The maximum atomic E-state index is 16.7. The Morgan fingerprint density at radius 2 is 1.98 bits per heavy atom. The van der Waals surface area contributed by atoms with Gasteiger partial charge in [-0.1, -0.05) is 24.0 Å². The van der Waals surface area contributed by atoms with Crippen LogP contribution in [0.25, 0.3) is 32.9 Å². The van der Waals surface area contributed by atoms with E-state index in [1.807, 2.05) is 18.2 Å². The molecule has 9 rings (SSSR count). The Bertz CT molecular complexity index is 1850. The quantitative estimate of drug-likeness (QED) is 0.349. The van der Waals surface area contributed by atoms with Crippen LogP contribution in [-0.2, 0) is 0 Å². The highest BCUT2D eigenvalue weighted by Crippen LogP contribution is 2.40. The van der Waals surface area contributed by atoms with Crippen LogP contribution in [0.2, 0.25) is 0 Å². The number of hydrogen-bond donors (Lipinski definition) is 2. The van der Waals surface area contributed by atoms with E-state index in [9.17, 15) is 5.11 Å². The van der Waals surface area contributed by atoms with Crippen molar-refractivity contribution < 1.29 is 9.50 Å². The SMILES string of the molecule is C#Cc1cccc2cc(O)cc(-c3ncc4c(N5C[C@H]6CC[C@@H]5CN6)nc(C#CC56CCCN5CCC6)nc4c3F)c12. The van der Waals surface area contributed by atoms with Gasteiger partial charge in [0.15, 0.2) is 5.82 Å². The fourth-order valence-electron chi connectivity index (χ4n) is 7.67. The van der Waals surface area contributed by atoms with Crippen molar-refractivity contribution in [1.29, 1.82) is 0 Å². The first-order chi connectivity index (χ1) is 20.5. The Morgan fingerprint density at radius 3 is 2.71 bits per heavy atom. The second-order valence-corrected chi connectivity index (χ2v) is 12.1. The maximum Gasteiger partial charge on any atom is 0.207 e. The highest BCUT2D eigenvalue weighted by molar-refractivity contribution is 6.02. The van der Waals surface area contributed by atoms with E-state index in [0.717, 1.165) is 64.7 Å². The molecule has 0 saturated carbocycles. The molecule has 2 aromatic heterocycles. The minimum absolute atomic E-state index is 0.0108. The monoisotopic (exact) mass is 558 g/mol. The summed E-state index contributed by atoms with van der Waals surface area (Å²) in [5.41, 5.74) is 1.19. The van der Waals surface area contributed by atoms with E-state index in [2.05, 4.69) is 37.9 Å². The number of piperidine rings is 2. The van der Waals surface area contributed by atoms with Crippen LogP contribution in [0.1, 0.15) is 49.9 Å². The van der Waals surface area contributed by atoms with Crippen LogP contribution in [0.5, 0.6) is 5.75 Å². The van der Waals surface area contributed by atoms with Gasteiger partial charge in [-0.3, -0.25) is 9.88 Å². The lowest BCUT2D eigenvalue weighted by molar-refractivity contribution is 0.261. The highest BCUT2D eigenvalue weighted by atomic mass is 19.1. The number of anilines is 1. The summed E-state index contributed by atoms with van der Waals surface area (Å²) in [7, 11) is 0. The van der Waals surface area contributed by atoms with Crippen molar-refractivity contribution in [2.75, 3.05) is 31.1 Å². The van der Waals surface area contributed by atoms with Crippen molar-refractivity contribution in [1.82, 2.24) is 25.2 Å². The number of phenolic OH excluding ortho intramolecular Hbond substituents is 1. The Kier molecular flexibility index (Phi) is 5.86. The van der Waals surface area contributed by atoms with Crippen LogP contribution < -0.4 is 10.2 Å². The molecule has 2 bridgehead atoms. The van der Waals surface area contributed by atoms with Crippen LogP contribution in [0.4, 0.5) is 10.2 Å². The molecule has 0 amide bonds. The molecule has 5 saturated heterocycles. The van der Waals surface area contributed by atoms with Crippen molar-refractivity contribution in [3.63, 3.8) is 0 Å². The maximum absolute atomic E-state index is 16.7. The Labute approximate surface area is 244 Å². The van der Waals surface area contributed by atoms with Gasteiger partial charge < -0.3 is 15.3 Å². The summed E-state index contributed by atoms with van der Waals surface area (Å²) in [6.45, 7) is 3.81. The molecule has 7 nitrogen and oxygen atoms in total. The number of nitrogens with one attached hydrogen (secondary N) is 1. The zero-order valence-corrected chi connectivity index (χ0v) is 23.3. The molecule has 2 atom stereocenters. The van der Waals surface area contributed by atoms with Gasteiger partial charge in [-0.15, -0.1) is 6.42 Å². The minimum Gasteiger partial charge on any atom is -0.508 e.